The Morgan fingerprint density at radius 2 is 1.87 bits per heavy atom. The lowest BCUT2D eigenvalue weighted by molar-refractivity contribution is -0.298. The van der Waals surface area contributed by atoms with Gasteiger partial charge in [-0.25, -0.2) is 0 Å². The number of hydrogen-bond donors (Lipinski definition) is 4. The van der Waals surface area contributed by atoms with E-state index in [0.717, 1.165) is 0 Å². The molecule has 0 bridgehead atoms. The summed E-state index contributed by atoms with van der Waals surface area (Å²) < 4.78 is 10.1. The normalized spacial score (nSPS) is 41.5. The van der Waals surface area contributed by atoms with Gasteiger partial charge in [0.25, 0.3) is 0 Å². The van der Waals surface area contributed by atoms with Gasteiger partial charge in [-0.05, 0) is 0 Å². The topological polar surface area (TPSA) is 99.4 Å². The van der Waals surface area contributed by atoms with Gasteiger partial charge >= 0.3 is 0 Å². The largest absolute Gasteiger partial charge is 0.394 e. The fourth-order valence-electron chi connectivity index (χ4n) is 1.37. The van der Waals surface area contributed by atoms with Crippen LogP contribution in [0.3, 0.4) is 0 Å². The molecule has 1 heterocycles. The fourth-order valence-corrected chi connectivity index (χ4v) is 1.37. The van der Waals surface area contributed by atoms with E-state index in [2.05, 4.69) is 6.58 Å². The molecule has 0 aromatic heterocycles. The zero-order valence-electron chi connectivity index (χ0n) is 8.19. The van der Waals surface area contributed by atoms with Gasteiger partial charge in [-0.2, -0.15) is 0 Å². The minimum atomic E-state index is -1.40. The van der Waals surface area contributed by atoms with E-state index in [1.807, 2.05) is 0 Å². The third-order valence-corrected chi connectivity index (χ3v) is 2.23. The molecule has 0 spiro atoms. The molecule has 0 saturated carbocycles. The summed E-state index contributed by atoms with van der Waals surface area (Å²) >= 11 is 0. The smallest absolute Gasteiger partial charge is 0.187 e. The second kappa shape index (κ2) is 5.55. The van der Waals surface area contributed by atoms with Crippen molar-refractivity contribution in [2.24, 2.45) is 0 Å². The first-order chi connectivity index (χ1) is 7.11. The second-order valence-electron chi connectivity index (χ2n) is 3.32. The summed E-state index contributed by atoms with van der Waals surface area (Å²) in [4.78, 5) is 0. The van der Waals surface area contributed by atoms with Gasteiger partial charge in [-0.1, -0.05) is 6.08 Å². The van der Waals surface area contributed by atoms with Crippen molar-refractivity contribution in [3.8, 4) is 0 Å². The van der Waals surface area contributed by atoms with E-state index in [9.17, 15) is 15.3 Å². The summed E-state index contributed by atoms with van der Waals surface area (Å²) in [6.07, 6.45) is -4.64. The van der Waals surface area contributed by atoms with Gasteiger partial charge in [0.2, 0.25) is 0 Å². The molecule has 6 nitrogen and oxygen atoms in total. The van der Waals surface area contributed by atoms with Crippen LogP contribution in [-0.2, 0) is 9.47 Å². The lowest BCUT2D eigenvalue weighted by atomic mass is 9.99. The summed E-state index contributed by atoms with van der Waals surface area (Å²) in [5.41, 5.74) is 0. The predicted octanol–water partition coefficient (Wildman–Crippen LogP) is -2.01. The minimum absolute atomic E-state index is 0.142. The van der Waals surface area contributed by atoms with Gasteiger partial charge in [0.05, 0.1) is 13.2 Å². The number of rotatable bonds is 4. The van der Waals surface area contributed by atoms with Gasteiger partial charge in [-0.3, -0.25) is 0 Å². The average Bonchev–Trinajstić information content (AvgIpc) is 2.25. The van der Waals surface area contributed by atoms with Crippen LogP contribution in [0.2, 0.25) is 0 Å². The molecular formula is C9H16O6. The quantitative estimate of drug-likeness (QED) is 0.408. The Morgan fingerprint density at radius 3 is 2.40 bits per heavy atom. The Bertz CT molecular complexity index is 207. The fraction of sp³-hybridized carbons (Fsp3) is 0.778. The second-order valence-corrected chi connectivity index (χ2v) is 3.32. The van der Waals surface area contributed by atoms with Crippen molar-refractivity contribution in [2.75, 3.05) is 13.2 Å². The Kier molecular flexibility index (Phi) is 4.65. The zero-order chi connectivity index (χ0) is 11.4. The summed E-state index contributed by atoms with van der Waals surface area (Å²) in [6, 6.07) is 0. The molecule has 4 N–H and O–H groups in total. The molecular weight excluding hydrogens is 204 g/mol. The molecule has 1 aliphatic heterocycles. The van der Waals surface area contributed by atoms with Crippen LogP contribution in [0.5, 0.6) is 0 Å². The average molecular weight is 220 g/mol. The first kappa shape index (κ1) is 12.6. The molecule has 5 atom stereocenters. The lowest BCUT2D eigenvalue weighted by Gasteiger charge is -2.39. The molecule has 6 heteroatoms. The van der Waals surface area contributed by atoms with Crippen LogP contribution >= 0.6 is 0 Å². The van der Waals surface area contributed by atoms with Crippen LogP contribution in [0.25, 0.3) is 0 Å². The van der Waals surface area contributed by atoms with Crippen LogP contribution in [0.4, 0.5) is 0 Å². The molecule has 0 aliphatic carbocycles. The van der Waals surface area contributed by atoms with Crippen molar-refractivity contribution in [3.05, 3.63) is 12.7 Å². The molecule has 0 amide bonds. The Hall–Kier alpha value is -0.500. The van der Waals surface area contributed by atoms with Crippen LogP contribution < -0.4 is 0 Å². The summed E-state index contributed by atoms with van der Waals surface area (Å²) in [7, 11) is 0. The Morgan fingerprint density at radius 1 is 1.20 bits per heavy atom. The molecule has 1 aliphatic rings. The molecule has 1 fully saturated rings. The maximum atomic E-state index is 9.47. The summed E-state index contributed by atoms with van der Waals surface area (Å²) in [5.74, 6) is 0. The standard InChI is InChI=1S/C9H16O6/c1-2-3-14-9-8(13)7(12)6(11)5(4-10)15-9/h2,5-13H,1,3-4H2/t5-,6-,7+,8-,9?/m1/s1. The van der Waals surface area contributed by atoms with Crippen molar-refractivity contribution in [3.63, 3.8) is 0 Å². The van der Waals surface area contributed by atoms with Gasteiger partial charge in [-0.15, -0.1) is 6.58 Å². The number of ether oxygens (including phenoxy) is 2. The van der Waals surface area contributed by atoms with E-state index < -0.39 is 37.3 Å². The van der Waals surface area contributed by atoms with E-state index in [-0.39, 0.29) is 6.61 Å². The summed E-state index contributed by atoms with van der Waals surface area (Å²) in [6.45, 7) is 3.10. The maximum absolute atomic E-state index is 9.47. The monoisotopic (exact) mass is 220 g/mol. The van der Waals surface area contributed by atoms with Gasteiger partial charge < -0.3 is 29.9 Å². The SMILES string of the molecule is C=CCOC1O[C@H](CO)[C@@H](O)[C@H](O)[C@H]1O. The van der Waals surface area contributed by atoms with Crippen LogP contribution in [0.15, 0.2) is 12.7 Å². The first-order valence-corrected chi connectivity index (χ1v) is 4.64. The molecule has 0 aromatic carbocycles. The van der Waals surface area contributed by atoms with Crippen molar-refractivity contribution in [1.82, 2.24) is 0 Å². The van der Waals surface area contributed by atoms with Gasteiger partial charge in [0.1, 0.15) is 24.4 Å². The lowest BCUT2D eigenvalue weighted by Crippen LogP contribution is -2.59. The Labute approximate surface area is 87.4 Å². The highest BCUT2D eigenvalue weighted by molar-refractivity contribution is 4.89. The maximum Gasteiger partial charge on any atom is 0.187 e. The van der Waals surface area contributed by atoms with Crippen LogP contribution in [0, 0.1) is 0 Å². The third-order valence-electron chi connectivity index (χ3n) is 2.23. The Balaban J connectivity index is 2.60. The number of hydrogen-bond acceptors (Lipinski definition) is 6. The van der Waals surface area contributed by atoms with E-state index in [4.69, 9.17) is 14.6 Å². The van der Waals surface area contributed by atoms with Crippen LogP contribution in [0.1, 0.15) is 0 Å². The molecule has 88 valence electrons. The van der Waals surface area contributed by atoms with Crippen molar-refractivity contribution in [1.29, 1.82) is 0 Å². The number of aliphatic hydroxyl groups excluding tert-OH is 4. The minimum Gasteiger partial charge on any atom is -0.394 e. The van der Waals surface area contributed by atoms with E-state index in [1.165, 1.54) is 6.08 Å². The zero-order valence-corrected chi connectivity index (χ0v) is 8.19. The highest BCUT2D eigenvalue weighted by Gasteiger charge is 2.43. The van der Waals surface area contributed by atoms with Gasteiger partial charge in [0.15, 0.2) is 6.29 Å². The van der Waals surface area contributed by atoms with Gasteiger partial charge in [0, 0.05) is 0 Å². The van der Waals surface area contributed by atoms with Crippen molar-refractivity contribution in [2.45, 2.75) is 30.7 Å². The first-order valence-electron chi connectivity index (χ1n) is 4.64. The molecule has 15 heavy (non-hydrogen) atoms. The molecule has 1 rings (SSSR count). The highest BCUT2D eigenvalue weighted by atomic mass is 16.7. The number of aliphatic hydroxyl groups is 4. The molecule has 1 saturated heterocycles. The van der Waals surface area contributed by atoms with Crippen molar-refractivity contribution < 1.29 is 29.9 Å². The molecule has 0 aromatic rings. The summed E-state index contributed by atoms with van der Waals surface area (Å²) in [5, 5.41) is 37.1. The highest BCUT2D eigenvalue weighted by Crippen LogP contribution is 2.21. The van der Waals surface area contributed by atoms with Crippen molar-refractivity contribution >= 4 is 0 Å². The molecule has 0 radical (unpaired) electrons. The third kappa shape index (κ3) is 2.75. The van der Waals surface area contributed by atoms with Crippen LogP contribution in [-0.4, -0.2) is 64.3 Å². The predicted molar refractivity (Wildman–Crippen MR) is 49.9 cm³/mol. The van der Waals surface area contributed by atoms with E-state index in [1.54, 1.807) is 0 Å². The van der Waals surface area contributed by atoms with E-state index in [0.29, 0.717) is 0 Å². The molecule has 1 unspecified atom stereocenters. The van der Waals surface area contributed by atoms with E-state index >= 15 is 0 Å².